The molecule has 0 aliphatic heterocycles. The van der Waals surface area contributed by atoms with Crippen molar-refractivity contribution in [1.29, 1.82) is 0 Å². The normalized spacial score (nSPS) is 10.8. The molecule has 0 unspecified atom stereocenters. The molecule has 19 heavy (non-hydrogen) atoms. The van der Waals surface area contributed by atoms with Crippen LogP contribution < -0.4 is 10.1 Å². The summed E-state index contributed by atoms with van der Waals surface area (Å²) in [5, 5.41) is 3.78. The number of fused-ring (bicyclic) bond motifs is 1. The van der Waals surface area contributed by atoms with Crippen LogP contribution in [0, 0.1) is 6.92 Å². The number of pyridine rings is 1. The second-order valence-electron chi connectivity index (χ2n) is 4.81. The van der Waals surface area contributed by atoms with Crippen molar-refractivity contribution < 1.29 is 9.53 Å². The first kappa shape index (κ1) is 13.3. The van der Waals surface area contributed by atoms with Gasteiger partial charge in [-0.25, -0.2) is 0 Å². The molecular formula is C15H18N2O2. The Hall–Kier alpha value is -2.10. The van der Waals surface area contributed by atoms with Crippen LogP contribution >= 0.6 is 0 Å². The van der Waals surface area contributed by atoms with Gasteiger partial charge < -0.3 is 10.1 Å². The molecule has 0 aliphatic rings. The van der Waals surface area contributed by atoms with Crippen LogP contribution in [0.2, 0.25) is 0 Å². The Morgan fingerprint density at radius 3 is 2.68 bits per heavy atom. The lowest BCUT2D eigenvalue weighted by Gasteiger charge is -2.11. The second kappa shape index (κ2) is 5.26. The third-order valence-electron chi connectivity index (χ3n) is 2.88. The number of hydrogen-bond acceptors (Lipinski definition) is 3. The van der Waals surface area contributed by atoms with Gasteiger partial charge >= 0.3 is 0 Å². The average molecular weight is 258 g/mol. The predicted octanol–water partition coefficient (Wildman–Crippen LogP) is 2.69. The Kier molecular flexibility index (Phi) is 3.69. The highest BCUT2D eigenvalue weighted by molar-refractivity contribution is 5.98. The number of rotatable bonds is 3. The van der Waals surface area contributed by atoms with Gasteiger partial charge in [0.2, 0.25) is 0 Å². The van der Waals surface area contributed by atoms with Crippen LogP contribution in [0.5, 0.6) is 5.75 Å². The highest BCUT2D eigenvalue weighted by atomic mass is 16.5. The summed E-state index contributed by atoms with van der Waals surface area (Å²) in [5.41, 5.74) is 2.20. The topological polar surface area (TPSA) is 51.2 Å². The van der Waals surface area contributed by atoms with Gasteiger partial charge in [0.05, 0.1) is 23.9 Å². The molecule has 0 spiro atoms. The smallest absolute Gasteiger partial charge is 0.253 e. The highest BCUT2D eigenvalue weighted by Gasteiger charge is 2.12. The van der Waals surface area contributed by atoms with Gasteiger partial charge in [-0.05, 0) is 45.0 Å². The van der Waals surface area contributed by atoms with E-state index in [1.165, 1.54) is 0 Å². The van der Waals surface area contributed by atoms with Gasteiger partial charge in [0, 0.05) is 11.4 Å². The number of amides is 1. The van der Waals surface area contributed by atoms with Gasteiger partial charge in [0.15, 0.2) is 0 Å². The molecule has 1 aromatic heterocycles. The van der Waals surface area contributed by atoms with E-state index in [0.29, 0.717) is 5.56 Å². The van der Waals surface area contributed by atoms with Gasteiger partial charge in [0.25, 0.3) is 5.91 Å². The maximum absolute atomic E-state index is 12.1. The third-order valence-corrected chi connectivity index (χ3v) is 2.88. The molecule has 100 valence electrons. The Bertz CT molecular complexity index is 621. The van der Waals surface area contributed by atoms with Crippen LogP contribution in [0.4, 0.5) is 0 Å². The van der Waals surface area contributed by atoms with Crippen molar-refractivity contribution in [3.8, 4) is 5.75 Å². The predicted molar refractivity (Wildman–Crippen MR) is 75.6 cm³/mol. The van der Waals surface area contributed by atoms with Gasteiger partial charge in [-0.2, -0.15) is 0 Å². The molecule has 1 aromatic carbocycles. The number of nitrogens with zero attached hydrogens (tertiary/aromatic N) is 1. The quantitative estimate of drug-likeness (QED) is 0.921. The van der Waals surface area contributed by atoms with Crippen LogP contribution in [0.15, 0.2) is 24.3 Å². The van der Waals surface area contributed by atoms with E-state index in [-0.39, 0.29) is 11.9 Å². The molecule has 4 nitrogen and oxygen atoms in total. The first-order valence-electron chi connectivity index (χ1n) is 6.27. The molecule has 1 amide bonds. The molecule has 0 aliphatic carbocycles. The minimum absolute atomic E-state index is 0.0929. The van der Waals surface area contributed by atoms with Crippen LogP contribution in [0.1, 0.15) is 29.9 Å². The summed E-state index contributed by atoms with van der Waals surface area (Å²) in [6.45, 7) is 5.72. The number of carbonyl (C=O) groups excluding carboxylic acids is 1. The van der Waals surface area contributed by atoms with Crippen molar-refractivity contribution in [3.05, 3.63) is 35.5 Å². The summed E-state index contributed by atoms with van der Waals surface area (Å²) in [7, 11) is 1.62. The van der Waals surface area contributed by atoms with E-state index in [4.69, 9.17) is 4.74 Å². The standard InChI is InChI=1S/C15H18N2O2/c1-9(2)16-15(18)13-8-11-7-12(19-4)5-6-14(11)17-10(13)3/h5-9H,1-4H3,(H,16,18). The molecule has 1 heterocycles. The van der Waals surface area contributed by atoms with Crippen molar-refractivity contribution in [3.63, 3.8) is 0 Å². The fourth-order valence-electron chi connectivity index (χ4n) is 1.95. The summed E-state index contributed by atoms with van der Waals surface area (Å²) in [6.07, 6.45) is 0. The van der Waals surface area contributed by atoms with Gasteiger partial charge in [-0.15, -0.1) is 0 Å². The van der Waals surface area contributed by atoms with E-state index >= 15 is 0 Å². The molecule has 2 aromatic rings. The summed E-state index contributed by atoms with van der Waals surface area (Å²) >= 11 is 0. The van der Waals surface area contributed by atoms with Crippen LogP contribution in [0.3, 0.4) is 0 Å². The zero-order valence-corrected chi connectivity index (χ0v) is 11.7. The minimum atomic E-state index is -0.0929. The van der Waals surface area contributed by atoms with E-state index in [1.807, 2.05) is 45.0 Å². The minimum Gasteiger partial charge on any atom is -0.497 e. The first-order chi connectivity index (χ1) is 9.01. The lowest BCUT2D eigenvalue weighted by molar-refractivity contribution is 0.0942. The molecule has 0 saturated heterocycles. The summed E-state index contributed by atoms with van der Waals surface area (Å²) in [5.74, 6) is 0.665. The molecular weight excluding hydrogens is 240 g/mol. The zero-order chi connectivity index (χ0) is 14.0. The number of carbonyl (C=O) groups is 1. The van der Waals surface area contributed by atoms with E-state index < -0.39 is 0 Å². The Labute approximate surface area is 112 Å². The highest BCUT2D eigenvalue weighted by Crippen LogP contribution is 2.21. The van der Waals surface area contributed by atoms with E-state index in [9.17, 15) is 4.79 Å². The molecule has 0 bridgehead atoms. The number of benzene rings is 1. The number of aromatic nitrogens is 1. The average Bonchev–Trinajstić information content (AvgIpc) is 2.36. The summed E-state index contributed by atoms with van der Waals surface area (Å²) < 4.78 is 5.19. The van der Waals surface area contributed by atoms with Crippen molar-refractivity contribution in [2.45, 2.75) is 26.8 Å². The van der Waals surface area contributed by atoms with Crippen molar-refractivity contribution in [1.82, 2.24) is 10.3 Å². The second-order valence-corrected chi connectivity index (χ2v) is 4.81. The Morgan fingerprint density at radius 2 is 2.05 bits per heavy atom. The molecule has 0 atom stereocenters. The van der Waals surface area contributed by atoms with Gasteiger partial charge in [-0.1, -0.05) is 0 Å². The maximum Gasteiger partial charge on any atom is 0.253 e. The third kappa shape index (κ3) is 2.84. The summed E-state index contributed by atoms with van der Waals surface area (Å²) in [6, 6.07) is 7.60. The molecule has 0 fully saturated rings. The van der Waals surface area contributed by atoms with E-state index in [0.717, 1.165) is 22.3 Å². The van der Waals surface area contributed by atoms with Crippen LogP contribution in [-0.4, -0.2) is 24.0 Å². The zero-order valence-electron chi connectivity index (χ0n) is 11.7. The first-order valence-corrected chi connectivity index (χ1v) is 6.27. The summed E-state index contributed by atoms with van der Waals surface area (Å²) in [4.78, 5) is 16.6. The monoisotopic (exact) mass is 258 g/mol. The SMILES string of the molecule is COc1ccc2nc(C)c(C(=O)NC(C)C)cc2c1. The van der Waals surface area contributed by atoms with Gasteiger partial charge in [0.1, 0.15) is 5.75 Å². The van der Waals surface area contributed by atoms with Crippen molar-refractivity contribution in [2.75, 3.05) is 7.11 Å². The number of ether oxygens (including phenoxy) is 1. The fraction of sp³-hybridized carbons (Fsp3) is 0.333. The fourth-order valence-corrected chi connectivity index (χ4v) is 1.95. The number of aryl methyl sites for hydroxylation is 1. The number of methoxy groups -OCH3 is 1. The maximum atomic E-state index is 12.1. The lowest BCUT2D eigenvalue weighted by Crippen LogP contribution is -2.30. The van der Waals surface area contributed by atoms with E-state index in [1.54, 1.807) is 7.11 Å². The number of hydrogen-bond donors (Lipinski definition) is 1. The Morgan fingerprint density at radius 1 is 1.32 bits per heavy atom. The largest absolute Gasteiger partial charge is 0.497 e. The molecule has 1 N–H and O–H groups in total. The molecule has 2 rings (SSSR count). The molecule has 0 radical (unpaired) electrons. The molecule has 0 saturated carbocycles. The van der Waals surface area contributed by atoms with Crippen LogP contribution in [-0.2, 0) is 0 Å². The molecule has 4 heteroatoms. The van der Waals surface area contributed by atoms with Crippen molar-refractivity contribution in [2.24, 2.45) is 0 Å². The van der Waals surface area contributed by atoms with E-state index in [2.05, 4.69) is 10.3 Å². The Balaban J connectivity index is 2.49. The number of nitrogens with one attached hydrogen (secondary N) is 1. The van der Waals surface area contributed by atoms with Crippen LogP contribution in [0.25, 0.3) is 10.9 Å². The van der Waals surface area contributed by atoms with Crippen molar-refractivity contribution >= 4 is 16.8 Å². The lowest BCUT2D eigenvalue weighted by atomic mass is 10.1. The van der Waals surface area contributed by atoms with Gasteiger partial charge in [-0.3, -0.25) is 9.78 Å².